The van der Waals surface area contributed by atoms with E-state index in [9.17, 15) is 4.79 Å². The second kappa shape index (κ2) is 7.64. The van der Waals surface area contributed by atoms with E-state index in [2.05, 4.69) is 15.2 Å². The van der Waals surface area contributed by atoms with Gasteiger partial charge in [-0.1, -0.05) is 23.9 Å². The molecule has 10 heteroatoms. The quantitative estimate of drug-likeness (QED) is 0.382. The maximum absolute atomic E-state index is 12.7. The molecule has 0 aliphatic carbocycles. The van der Waals surface area contributed by atoms with Crippen LogP contribution in [0.2, 0.25) is 0 Å². The molecule has 3 heterocycles. The third kappa shape index (κ3) is 3.48. The highest BCUT2D eigenvalue weighted by Crippen LogP contribution is 2.29. The molecule has 28 heavy (non-hydrogen) atoms. The van der Waals surface area contributed by atoms with Crippen molar-refractivity contribution in [1.82, 2.24) is 24.8 Å². The number of hydrogen-bond donors (Lipinski definition) is 1. The summed E-state index contributed by atoms with van der Waals surface area (Å²) in [4.78, 5) is 19.0. The number of carbonyl (C=O) groups excluding carboxylic acids is 1. The molecule has 0 bridgehead atoms. The van der Waals surface area contributed by atoms with Crippen LogP contribution in [0.1, 0.15) is 18.0 Å². The number of amides is 1. The molecule has 0 aliphatic heterocycles. The number of rotatable bonds is 6. The zero-order valence-corrected chi connectivity index (χ0v) is 16.9. The van der Waals surface area contributed by atoms with Crippen LogP contribution in [-0.4, -0.2) is 43.5 Å². The summed E-state index contributed by atoms with van der Waals surface area (Å²) in [6, 6.07) is 11.3. The molecule has 0 aliphatic rings. The Morgan fingerprint density at radius 3 is 2.89 bits per heavy atom. The molecule has 3 aromatic heterocycles. The van der Waals surface area contributed by atoms with Gasteiger partial charge in [0.2, 0.25) is 16.9 Å². The van der Waals surface area contributed by atoms with Gasteiger partial charge in [-0.05, 0) is 31.2 Å². The Kier molecular flexibility index (Phi) is 5.05. The molecule has 1 atom stereocenters. The first-order chi connectivity index (χ1) is 13.5. The normalized spacial score (nSPS) is 12.4. The minimum absolute atomic E-state index is 0.0423. The summed E-state index contributed by atoms with van der Waals surface area (Å²) in [5, 5.41) is 9.42. The van der Waals surface area contributed by atoms with E-state index in [-0.39, 0.29) is 17.7 Å². The lowest BCUT2D eigenvalue weighted by Crippen LogP contribution is -2.31. The predicted octanol–water partition coefficient (Wildman–Crippen LogP) is 3.17. The summed E-state index contributed by atoms with van der Waals surface area (Å²) in [6.45, 7) is 1.97. The fourth-order valence-corrected chi connectivity index (χ4v) is 4.47. The van der Waals surface area contributed by atoms with E-state index in [4.69, 9.17) is 10.3 Å². The van der Waals surface area contributed by atoms with Crippen LogP contribution < -0.4 is 5.84 Å². The Morgan fingerprint density at radius 1 is 1.32 bits per heavy atom. The largest absolute Gasteiger partial charge is 0.461 e. The summed E-state index contributed by atoms with van der Waals surface area (Å²) in [5.41, 5.74) is 0.950. The highest BCUT2D eigenvalue weighted by Gasteiger charge is 2.22. The number of nitrogens with zero attached hydrogens (tertiary/aromatic N) is 5. The van der Waals surface area contributed by atoms with Crippen molar-refractivity contribution < 1.29 is 9.21 Å². The van der Waals surface area contributed by atoms with E-state index in [1.165, 1.54) is 16.4 Å². The number of furan rings is 1. The number of fused-ring (bicyclic) bond motifs is 1. The molecule has 1 amide bonds. The Morgan fingerprint density at radius 2 is 2.14 bits per heavy atom. The number of nitrogens with two attached hydrogens (primary N) is 1. The van der Waals surface area contributed by atoms with Crippen LogP contribution >= 0.6 is 23.1 Å². The third-order valence-corrected chi connectivity index (χ3v) is 6.51. The number of nitrogen functional groups attached to an aromatic ring is 1. The van der Waals surface area contributed by atoms with Gasteiger partial charge in [-0.15, -0.1) is 21.5 Å². The van der Waals surface area contributed by atoms with Crippen molar-refractivity contribution in [1.29, 1.82) is 0 Å². The zero-order valence-electron chi connectivity index (χ0n) is 15.3. The van der Waals surface area contributed by atoms with Crippen molar-refractivity contribution in [2.45, 2.75) is 18.1 Å². The average Bonchev–Trinajstić information content (AvgIpc) is 3.44. The third-order valence-electron chi connectivity index (χ3n) is 4.37. The van der Waals surface area contributed by atoms with Crippen LogP contribution in [0.4, 0.5) is 0 Å². The van der Waals surface area contributed by atoms with Crippen LogP contribution in [0.25, 0.3) is 21.8 Å². The standard InChI is InChI=1S/C18H18N6O2S2/c1-11(17-20-12-6-3-4-8-14(12)28-17)23(2)15(25)10-27-18-22-21-16(24(18)19)13-7-5-9-26-13/h3-9,11H,10,19H2,1-2H3/t11-/m0/s1. The molecule has 8 nitrogen and oxygen atoms in total. The molecule has 1 aromatic carbocycles. The van der Waals surface area contributed by atoms with Crippen molar-refractivity contribution >= 4 is 39.2 Å². The smallest absolute Gasteiger partial charge is 0.233 e. The number of aromatic nitrogens is 4. The van der Waals surface area contributed by atoms with E-state index in [0.717, 1.165) is 15.2 Å². The average molecular weight is 415 g/mol. The van der Waals surface area contributed by atoms with Gasteiger partial charge in [0, 0.05) is 7.05 Å². The maximum atomic E-state index is 12.7. The van der Waals surface area contributed by atoms with Gasteiger partial charge >= 0.3 is 0 Å². The van der Waals surface area contributed by atoms with Crippen molar-refractivity contribution in [3.63, 3.8) is 0 Å². The molecule has 144 valence electrons. The summed E-state index contributed by atoms with van der Waals surface area (Å²) >= 11 is 2.83. The highest BCUT2D eigenvalue weighted by molar-refractivity contribution is 7.99. The maximum Gasteiger partial charge on any atom is 0.233 e. The molecule has 4 aromatic rings. The molecule has 0 fully saturated rings. The Labute approximate surface area is 169 Å². The first-order valence-corrected chi connectivity index (χ1v) is 10.3. The Hall–Kier alpha value is -2.85. The molecular formula is C18H18N6O2S2. The van der Waals surface area contributed by atoms with Gasteiger partial charge in [0.15, 0.2) is 5.76 Å². The van der Waals surface area contributed by atoms with Crippen LogP contribution in [0.5, 0.6) is 0 Å². The summed E-state index contributed by atoms with van der Waals surface area (Å²) in [5.74, 6) is 7.12. The number of hydrogen-bond acceptors (Lipinski definition) is 8. The van der Waals surface area contributed by atoms with Crippen LogP contribution in [0.15, 0.2) is 52.2 Å². The van der Waals surface area contributed by atoms with E-state index < -0.39 is 0 Å². The fraction of sp³-hybridized carbons (Fsp3) is 0.222. The van der Waals surface area contributed by atoms with E-state index >= 15 is 0 Å². The lowest BCUT2D eigenvalue weighted by molar-refractivity contribution is -0.128. The summed E-state index contributed by atoms with van der Waals surface area (Å²) in [7, 11) is 1.78. The number of benzene rings is 1. The molecule has 0 saturated heterocycles. The number of thiazole rings is 1. The first kappa shape index (κ1) is 18.5. The van der Waals surface area contributed by atoms with Crippen LogP contribution in [0.3, 0.4) is 0 Å². The topological polar surface area (TPSA) is 103 Å². The first-order valence-electron chi connectivity index (χ1n) is 8.53. The van der Waals surface area contributed by atoms with Gasteiger partial charge in [0.1, 0.15) is 5.01 Å². The minimum Gasteiger partial charge on any atom is -0.461 e. The van der Waals surface area contributed by atoms with Crippen molar-refractivity contribution in [2.75, 3.05) is 18.6 Å². The molecule has 0 radical (unpaired) electrons. The lowest BCUT2D eigenvalue weighted by atomic mass is 10.3. The van der Waals surface area contributed by atoms with Crippen LogP contribution in [-0.2, 0) is 4.79 Å². The van der Waals surface area contributed by atoms with Crippen molar-refractivity contribution in [3.05, 3.63) is 47.7 Å². The highest BCUT2D eigenvalue weighted by atomic mass is 32.2. The van der Waals surface area contributed by atoms with Crippen molar-refractivity contribution in [2.24, 2.45) is 0 Å². The fourth-order valence-electron chi connectivity index (χ4n) is 2.63. The number of para-hydroxylation sites is 1. The zero-order chi connectivity index (χ0) is 19.7. The van der Waals surface area contributed by atoms with Gasteiger partial charge < -0.3 is 15.2 Å². The predicted molar refractivity (Wildman–Crippen MR) is 109 cm³/mol. The van der Waals surface area contributed by atoms with Gasteiger partial charge in [0.25, 0.3) is 0 Å². The molecule has 0 unspecified atom stereocenters. The summed E-state index contributed by atoms with van der Waals surface area (Å²) in [6.07, 6.45) is 1.54. The molecule has 4 rings (SSSR count). The minimum atomic E-state index is -0.125. The van der Waals surface area contributed by atoms with E-state index in [1.54, 1.807) is 41.7 Å². The van der Waals surface area contributed by atoms with Gasteiger partial charge in [-0.3, -0.25) is 4.79 Å². The Balaban J connectivity index is 1.42. The molecule has 0 saturated carbocycles. The second-order valence-corrected chi connectivity index (χ2v) is 8.15. The van der Waals surface area contributed by atoms with E-state index in [1.807, 2.05) is 31.2 Å². The van der Waals surface area contributed by atoms with Crippen LogP contribution in [0, 0.1) is 0 Å². The van der Waals surface area contributed by atoms with Crippen molar-refractivity contribution in [3.8, 4) is 11.6 Å². The molecule has 2 N–H and O–H groups in total. The Bertz CT molecular complexity index is 1070. The van der Waals surface area contributed by atoms with Gasteiger partial charge in [0.05, 0.1) is 28.3 Å². The number of carbonyl (C=O) groups is 1. The molecular weight excluding hydrogens is 396 g/mol. The monoisotopic (exact) mass is 414 g/mol. The SMILES string of the molecule is C[C@@H](c1nc2ccccc2s1)N(C)C(=O)CSc1nnc(-c2ccco2)n1N. The second-order valence-electron chi connectivity index (χ2n) is 6.14. The van der Waals surface area contributed by atoms with Gasteiger partial charge in [-0.25, -0.2) is 9.66 Å². The van der Waals surface area contributed by atoms with E-state index in [0.29, 0.717) is 16.7 Å². The lowest BCUT2D eigenvalue weighted by Gasteiger charge is -2.23. The molecule has 0 spiro atoms. The number of thioether (sulfide) groups is 1. The van der Waals surface area contributed by atoms with Gasteiger partial charge in [-0.2, -0.15) is 0 Å². The summed E-state index contributed by atoms with van der Waals surface area (Å²) < 4.78 is 7.73.